The standard InChI is InChI=1S/C41H38N6O4S2/c48-40(46-50)38-15-13-36(52-38)29-9-7-27(8-10-29)24-42-20-17-31-26-45-35-23-33(11-12-34(31)35)51-47-41(49)39-16-14-37(53-39)30-5-3-4-28(22-30)25-43-21-18-32-6-1-2-19-44-32/h1-16,19,22-23,26,42-43,45,50H,17-18,20-21,24-25H2,(H,46,48)(H,47,49). The summed E-state index contributed by atoms with van der Waals surface area (Å²) in [5.41, 5.74) is 11.9. The monoisotopic (exact) mass is 742 g/mol. The molecule has 0 spiro atoms. The van der Waals surface area contributed by atoms with Crippen LogP contribution in [0.15, 0.2) is 122 Å². The Bertz CT molecular complexity index is 2300. The van der Waals surface area contributed by atoms with Gasteiger partial charge in [0, 0.05) is 70.9 Å². The lowest BCUT2D eigenvalue weighted by Gasteiger charge is -2.07. The number of hydrogen-bond donors (Lipinski definition) is 6. The number of carbonyl (C=O) groups excluding carboxylic acids is 2. The Hall–Kier alpha value is -5.63. The fraction of sp³-hybridized carbons (Fsp3) is 0.146. The number of amides is 2. The zero-order chi connectivity index (χ0) is 36.4. The highest BCUT2D eigenvalue weighted by Crippen LogP contribution is 2.30. The van der Waals surface area contributed by atoms with Crippen LogP contribution in [0.25, 0.3) is 31.8 Å². The zero-order valence-electron chi connectivity index (χ0n) is 28.7. The van der Waals surface area contributed by atoms with Crippen LogP contribution >= 0.6 is 22.7 Å². The first kappa shape index (κ1) is 35.8. The fourth-order valence-electron chi connectivity index (χ4n) is 5.95. The first-order valence-corrected chi connectivity index (χ1v) is 18.9. The van der Waals surface area contributed by atoms with Crippen LogP contribution in [0, 0.1) is 0 Å². The number of fused-ring (bicyclic) bond motifs is 1. The predicted octanol–water partition coefficient (Wildman–Crippen LogP) is 7.53. The smallest absolute Gasteiger partial charge is 0.293 e. The van der Waals surface area contributed by atoms with E-state index in [4.69, 9.17) is 10.0 Å². The third-order valence-corrected chi connectivity index (χ3v) is 11.0. The summed E-state index contributed by atoms with van der Waals surface area (Å²) < 4.78 is 0. The number of benzene rings is 3. The van der Waals surface area contributed by atoms with Crippen molar-refractivity contribution in [2.75, 3.05) is 13.1 Å². The van der Waals surface area contributed by atoms with Gasteiger partial charge >= 0.3 is 0 Å². The molecule has 6 N–H and O–H groups in total. The number of aromatic amines is 1. The van der Waals surface area contributed by atoms with E-state index in [1.807, 2.05) is 85.2 Å². The molecule has 0 atom stereocenters. The molecule has 0 aliphatic carbocycles. The van der Waals surface area contributed by atoms with Gasteiger partial charge in [0.25, 0.3) is 11.8 Å². The number of hydrogen-bond acceptors (Lipinski definition) is 9. The van der Waals surface area contributed by atoms with Crippen LogP contribution in [-0.4, -0.2) is 40.1 Å². The molecule has 0 fully saturated rings. The third-order valence-electron chi connectivity index (χ3n) is 8.72. The van der Waals surface area contributed by atoms with Crippen molar-refractivity contribution >= 4 is 45.4 Å². The van der Waals surface area contributed by atoms with Gasteiger partial charge in [-0.1, -0.05) is 48.5 Å². The lowest BCUT2D eigenvalue weighted by Crippen LogP contribution is -2.26. The molecule has 10 nitrogen and oxygen atoms in total. The minimum atomic E-state index is -0.505. The Morgan fingerprint density at radius 2 is 1.47 bits per heavy atom. The van der Waals surface area contributed by atoms with E-state index in [-0.39, 0.29) is 5.91 Å². The second-order valence-corrected chi connectivity index (χ2v) is 14.6. The van der Waals surface area contributed by atoms with Gasteiger partial charge in [-0.05, 0) is 95.4 Å². The summed E-state index contributed by atoms with van der Waals surface area (Å²) in [5.74, 6) is -0.264. The molecule has 0 unspecified atom stereocenters. The van der Waals surface area contributed by atoms with Crippen molar-refractivity contribution in [1.82, 2.24) is 31.6 Å². The predicted molar refractivity (Wildman–Crippen MR) is 210 cm³/mol. The molecule has 7 aromatic rings. The van der Waals surface area contributed by atoms with Gasteiger partial charge in [0.05, 0.1) is 9.75 Å². The maximum absolute atomic E-state index is 13.0. The maximum atomic E-state index is 13.0. The zero-order valence-corrected chi connectivity index (χ0v) is 30.4. The maximum Gasteiger partial charge on any atom is 0.293 e. The van der Waals surface area contributed by atoms with Gasteiger partial charge in [-0.2, -0.15) is 5.48 Å². The van der Waals surface area contributed by atoms with Crippen molar-refractivity contribution in [3.8, 4) is 26.6 Å². The number of H-pyrrole nitrogens is 1. The molecule has 0 saturated heterocycles. The second-order valence-electron chi connectivity index (χ2n) is 12.4. The van der Waals surface area contributed by atoms with Crippen LogP contribution in [0.5, 0.6) is 5.75 Å². The molecular weight excluding hydrogens is 705 g/mol. The SMILES string of the molecule is O=C(NO)c1ccc(-c2ccc(CNCCc3c[nH]c4cc(ONC(=O)c5ccc(-c6cccc(CNCCc7ccccn7)c6)s5)ccc34)cc2)s1. The lowest BCUT2D eigenvalue weighted by atomic mass is 10.1. The summed E-state index contributed by atoms with van der Waals surface area (Å²) in [6.45, 7) is 3.12. The van der Waals surface area contributed by atoms with Gasteiger partial charge in [-0.3, -0.25) is 19.8 Å². The molecule has 4 heterocycles. The van der Waals surface area contributed by atoms with Crippen LogP contribution in [0.4, 0.5) is 0 Å². The molecule has 0 aliphatic rings. The average molecular weight is 743 g/mol. The van der Waals surface area contributed by atoms with E-state index in [1.165, 1.54) is 33.8 Å². The summed E-state index contributed by atoms with van der Waals surface area (Å²) in [6.07, 6.45) is 5.54. The van der Waals surface area contributed by atoms with Crippen LogP contribution in [0.1, 0.15) is 41.7 Å². The van der Waals surface area contributed by atoms with E-state index in [0.717, 1.165) is 82.1 Å². The molecule has 268 valence electrons. The van der Waals surface area contributed by atoms with Gasteiger partial charge in [0.15, 0.2) is 5.75 Å². The number of rotatable bonds is 16. The Morgan fingerprint density at radius 1 is 0.717 bits per heavy atom. The number of pyridine rings is 1. The number of nitrogens with zero attached hydrogens (tertiary/aromatic N) is 1. The topological polar surface area (TPSA) is 140 Å². The summed E-state index contributed by atoms with van der Waals surface area (Å²) in [5, 5.41) is 17.0. The van der Waals surface area contributed by atoms with Gasteiger partial charge in [-0.15, -0.1) is 22.7 Å². The van der Waals surface area contributed by atoms with Crippen molar-refractivity contribution in [3.63, 3.8) is 0 Å². The first-order chi connectivity index (χ1) is 26.0. The molecule has 2 amide bonds. The summed E-state index contributed by atoms with van der Waals surface area (Å²) in [4.78, 5) is 41.0. The van der Waals surface area contributed by atoms with Gasteiger partial charge in [-0.25, -0.2) is 5.48 Å². The lowest BCUT2D eigenvalue weighted by molar-refractivity contribution is 0.0710. The molecule has 0 bridgehead atoms. The summed E-state index contributed by atoms with van der Waals surface area (Å²) in [7, 11) is 0. The second kappa shape index (κ2) is 17.3. The van der Waals surface area contributed by atoms with Gasteiger partial charge in [0.2, 0.25) is 0 Å². The Morgan fingerprint density at radius 3 is 2.25 bits per heavy atom. The molecule has 3 aromatic carbocycles. The Kier molecular flexibility index (Phi) is 11.6. The van der Waals surface area contributed by atoms with Crippen molar-refractivity contribution in [1.29, 1.82) is 0 Å². The van der Waals surface area contributed by atoms with Crippen molar-refractivity contribution in [2.45, 2.75) is 25.9 Å². The van der Waals surface area contributed by atoms with E-state index < -0.39 is 5.91 Å². The summed E-state index contributed by atoms with van der Waals surface area (Å²) in [6, 6.07) is 35.7. The Labute approximate surface area is 314 Å². The largest absolute Gasteiger partial charge is 0.379 e. The fourth-order valence-corrected chi connectivity index (χ4v) is 7.74. The highest BCUT2D eigenvalue weighted by Gasteiger charge is 2.13. The van der Waals surface area contributed by atoms with Gasteiger partial charge in [0.1, 0.15) is 0 Å². The number of nitrogens with one attached hydrogen (secondary N) is 5. The summed E-state index contributed by atoms with van der Waals surface area (Å²) >= 11 is 2.76. The third kappa shape index (κ3) is 9.24. The van der Waals surface area contributed by atoms with Crippen molar-refractivity contribution in [2.24, 2.45) is 0 Å². The molecule has 53 heavy (non-hydrogen) atoms. The minimum absolute atomic E-state index is 0.297. The number of aromatic nitrogens is 2. The van der Waals surface area contributed by atoms with E-state index in [1.54, 1.807) is 11.5 Å². The normalized spacial score (nSPS) is 11.1. The number of carbonyl (C=O) groups is 2. The average Bonchev–Trinajstić information content (AvgIpc) is 3.99. The Balaban J connectivity index is 0.856. The number of hydroxylamine groups is 2. The molecule has 4 aromatic heterocycles. The van der Waals surface area contributed by atoms with Gasteiger partial charge < -0.3 is 20.5 Å². The van der Waals surface area contributed by atoms with Crippen LogP contribution in [-0.2, 0) is 25.9 Å². The highest BCUT2D eigenvalue weighted by atomic mass is 32.1. The number of thiophene rings is 2. The van der Waals surface area contributed by atoms with Crippen LogP contribution in [0.3, 0.4) is 0 Å². The molecule has 0 radical (unpaired) electrons. The molecular formula is C41H38N6O4S2. The van der Waals surface area contributed by atoms with E-state index in [0.29, 0.717) is 15.5 Å². The van der Waals surface area contributed by atoms with E-state index in [9.17, 15) is 9.59 Å². The quantitative estimate of drug-likeness (QED) is 0.0342. The minimum Gasteiger partial charge on any atom is -0.379 e. The van der Waals surface area contributed by atoms with Crippen LogP contribution < -0.4 is 26.4 Å². The molecule has 7 rings (SSSR count). The van der Waals surface area contributed by atoms with Crippen LogP contribution in [0.2, 0.25) is 0 Å². The van der Waals surface area contributed by atoms with E-state index >= 15 is 0 Å². The first-order valence-electron chi connectivity index (χ1n) is 17.2. The van der Waals surface area contributed by atoms with Crippen molar-refractivity contribution < 1.29 is 19.6 Å². The van der Waals surface area contributed by atoms with Crippen molar-refractivity contribution in [3.05, 3.63) is 154 Å². The molecule has 0 aliphatic heterocycles. The molecule has 0 saturated carbocycles. The van der Waals surface area contributed by atoms with E-state index in [2.05, 4.69) is 56.4 Å². The molecule has 12 heteroatoms. The highest BCUT2D eigenvalue weighted by molar-refractivity contribution is 7.17.